The van der Waals surface area contributed by atoms with Gasteiger partial charge in [-0.1, -0.05) is 81.1 Å². The van der Waals surface area contributed by atoms with Crippen molar-refractivity contribution in [3.8, 4) is 5.75 Å². The third kappa shape index (κ3) is 8.43. The molecule has 1 atom stereocenters. The Morgan fingerprint density at radius 1 is 0.821 bits per heavy atom. The lowest BCUT2D eigenvalue weighted by Crippen LogP contribution is -2.13. The number of benzene rings is 2. The van der Waals surface area contributed by atoms with E-state index in [1.165, 1.54) is 31.2 Å². The van der Waals surface area contributed by atoms with Gasteiger partial charge in [0.2, 0.25) is 0 Å². The molecule has 0 aliphatic heterocycles. The van der Waals surface area contributed by atoms with Gasteiger partial charge in [-0.3, -0.25) is 4.39 Å². The van der Waals surface area contributed by atoms with E-state index in [9.17, 15) is 4.39 Å². The SMILES string of the molecule is CCCCCCCOCC(Cc1ccccc1OCCCF)c1ccccc1. The van der Waals surface area contributed by atoms with Gasteiger partial charge >= 0.3 is 0 Å². The molecule has 0 N–H and O–H groups in total. The van der Waals surface area contributed by atoms with Crippen molar-refractivity contribution in [1.82, 2.24) is 0 Å². The molecule has 3 heteroatoms. The van der Waals surface area contributed by atoms with Crippen LogP contribution in [0.3, 0.4) is 0 Å². The number of hydrogen-bond donors (Lipinski definition) is 0. The van der Waals surface area contributed by atoms with Crippen LogP contribution in [0.1, 0.15) is 62.5 Å². The lowest BCUT2D eigenvalue weighted by atomic mass is 9.92. The number of halogens is 1. The van der Waals surface area contributed by atoms with Gasteiger partial charge in [-0.25, -0.2) is 0 Å². The van der Waals surface area contributed by atoms with Crippen LogP contribution in [0.4, 0.5) is 4.39 Å². The summed E-state index contributed by atoms with van der Waals surface area (Å²) in [4.78, 5) is 0. The highest BCUT2D eigenvalue weighted by atomic mass is 19.1. The molecule has 0 heterocycles. The summed E-state index contributed by atoms with van der Waals surface area (Å²) >= 11 is 0. The van der Waals surface area contributed by atoms with Crippen molar-refractivity contribution in [2.45, 2.75) is 57.8 Å². The Hall–Kier alpha value is -1.87. The summed E-state index contributed by atoms with van der Waals surface area (Å²) in [5.74, 6) is 1.14. The summed E-state index contributed by atoms with van der Waals surface area (Å²) in [6, 6.07) is 18.6. The highest BCUT2D eigenvalue weighted by Gasteiger charge is 2.15. The van der Waals surface area contributed by atoms with Gasteiger partial charge < -0.3 is 9.47 Å². The zero-order valence-corrected chi connectivity index (χ0v) is 17.2. The summed E-state index contributed by atoms with van der Waals surface area (Å²) in [7, 11) is 0. The van der Waals surface area contributed by atoms with Crippen LogP contribution in [-0.4, -0.2) is 26.5 Å². The van der Waals surface area contributed by atoms with Gasteiger partial charge in [0.15, 0.2) is 0 Å². The molecule has 0 bridgehead atoms. The molecule has 0 saturated heterocycles. The topological polar surface area (TPSA) is 18.5 Å². The second kappa shape index (κ2) is 14.2. The number of ether oxygens (including phenoxy) is 2. The molecule has 0 saturated carbocycles. The third-order valence-corrected chi connectivity index (χ3v) is 4.96. The van der Waals surface area contributed by atoms with E-state index in [-0.39, 0.29) is 12.6 Å². The molecule has 0 radical (unpaired) electrons. The highest BCUT2D eigenvalue weighted by molar-refractivity contribution is 5.35. The number of unbranched alkanes of at least 4 members (excludes halogenated alkanes) is 4. The summed E-state index contributed by atoms with van der Waals surface area (Å²) in [5, 5.41) is 0. The van der Waals surface area contributed by atoms with Crippen molar-refractivity contribution in [3.63, 3.8) is 0 Å². The average molecular weight is 387 g/mol. The second-order valence-electron chi connectivity index (χ2n) is 7.30. The second-order valence-corrected chi connectivity index (χ2v) is 7.30. The minimum atomic E-state index is -0.346. The molecular weight excluding hydrogens is 351 g/mol. The molecule has 0 spiro atoms. The summed E-state index contributed by atoms with van der Waals surface area (Å²) in [5.41, 5.74) is 2.44. The summed E-state index contributed by atoms with van der Waals surface area (Å²) in [6.45, 7) is 3.83. The first-order valence-corrected chi connectivity index (χ1v) is 10.7. The van der Waals surface area contributed by atoms with Crippen LogP contribution in [0.5, 0.6) is 5.75 Å². The van der Waals surface area contributed by atoms with E-state index in [2.05, 4.69) is 37.3 Å². The largest absolute Gasteiger partial charge is 0.493 e. The average Bonchev–Trinajstić information content (AvgIpc) is 2.74. The van der Waals surface area contributed by atoms with E-state index in [0.29, 0.717) is 19.6 Å². The van der Waals surface area contributed by atoms with E-state index in [0.717, 1.165) is 30.8 Å². The lowest BCUT2D eigenvalue weighted by Gasteiger charge is -2.20. The van der Waals surface area contributed by atoms with Gasteiger partial charge in [0, 0.05) is 18.9 Å². The Bertz CT molecular complexity index is 629. The van der Waals surface area contributed by atoms with Gasteiger partial charge in [0.1, 0.15) is 5.75 Å². The smallest absolute Gasteiger partial charge is 0.122 e. The van der Waals surface area contributed by atoms with E-state index in [1.54, 1.807) is 0 Å². The Morgan fingerprint density at radius 2 is 1.57 bits per heavy atom. The summed E-state index contributed by atoms with van der Waals surface area (Å²) < 4.78 is 24.3. The zero-order valence-electron chi connectivity index (χ0n) is 17.2. The van der Waals surface area contributed by atoms with Gasteiger partial charge in [0.25, 0.3) is 0 Å². The normalized spacial score (nSPS) is 12.1. The molecule has 0 aromatic heterocycles. The van der Waals surface area contributed by atoms with Crippen LogP contribution in [0.2, 0.25) is 0 Å². The van der Waals surface area contributed by atoms with E-state index in [1.807, 2.05) is 24.3 Å². The third-order valence-electron chi connectivity index (χ3n) is 4.96. The first-order chi connectivity index (χ1) is 13.8. The van der Waals surface area contributed by atoms with E-state index < -0.39 is 0 Å². The van der Waals surface area contributed by atoms with E-state index in [4.69, 9.17) is 9.47 Å². The van der Waals surface area contributed by atoms with E-state index >= 15 is 0 Å². The fourth-order valence-corrected chi connectivity index (χ4v) is 3.35. The van der Waals surface area contributed by atoms with Gasteiger partial charge in [0.05, 0.1) is 19.9 Å². The summed E-state index contributed by atoms with van der Waals surface area (Å²) in [6.07, 6.45) is 7.53. The fraction of sp³-hybridized carbons (Fsp3) is 0.520. The van der Waals surface area contributed by atoms with Crippen molar-refractivity contribution < 1.29 is 13.9 Å². The first kappa shape index (κ1) is 22.4. The van der Waals surface area contributed by atoms with Crippen molar-refractivity contribution in [2.75, 3.05) is 26.5 Å². The number of hydrogen-bond acceptors (Lipinski definition) is 2. The molecule has 1 unspecified atom stereocenters. The molecule has 28 heavy (non-hydrogen) atoms. The van der Waals surface area contributed by atoms with Crippen molar-refractivity contribution in [2.24, 2.45) is 0 Å². The Morgan fingerprint density at radius 3 is 2.36 bits per heavy atom. The maximum absolute atomic E-state index is 12.4. The molecule has 2 aromatic carbocycles. The minimum absolute atomic E-state index is 0.280. The number of rotatable bonds is 15. The molecule has 0 aliphatic carbocycles. The van der Waals surface area contributed by atoms with Crippen LogP contribution in [0, 0.1) is 0 Å². The van der Waals surface area contributed by atoms with Crippen LogP contribution >= 0.6 is 0 Å². The molecule has 2 aromatic rings. The lowest BCUT2D eigenvalue weighted by molar-refractivity contribution is 0.115. The predicted molar refractivity (Wildman–Crippen MR) is 115 cm³/mol. The molecular formula is C25H35FO2. The van der Waals surface area contributed by atoms with Crippen molar-refractivity contribution in [1.29, 1.82) is 0 Å². The van der Waals surface area contributed by atoms with Crippen LogP contribution in [0.25, 0.3) is 0 Å². The van der Waals surface area contributed by atoms with Crippen LogP contribution in [0.15, 0.2) is 54.6 Å². The quantitative estimate of drug-likeness (QED) is 0.316. The minimum Gasteiger partial charge on any atom is -0.493 e. The Labute approximate surface area is 170 Å². The maximum atomic E-state index is 12.4. The van der Waals surface area contributed by atoms with Gasteiger partial charge in [-0.2, -0.15) is 0 Å². The Kier molecular flexibility index (Phi) is 11.3. The molecule has 2 nitrogen and oxygen atoms in total. The number of alkyl halides is 1. The molecule has 0 fully saturated rings. The maximum Gasteiger partial charge on any atom is 0.122 e. The highest BCUT2D eigenvalue weighted by Crippen LogP contribution is 2.27. The standard InChI is InChI=1S/C25H35FO2/c1-2-3-4-5-11-18-27-21-24(22-13-7-6-8-14-22)20-23-15-9-10-16-25(23)28-19-12-17-26/h6-10,13-16,24H,2-5,11-12,17-21H2,1H3. The van der Waals surface area contributed by atoms with Crippen LogP contribution in [-0.2, 0) is 11.2 Å². The van der Waals surface area contributed by atoms with Gasteiger partial charge in [-0.15, -0.1) is 0 Å². The molecule has 0 aliphatic rings. The predicted octanol–water partition coefficient (Wildman–Crippen LogP) is 6.74. The van der Waals surface area contributed by atoms with Gasteiger partial charge in [-0.05, 0) is 30.0 Å². The Balaban J connectivity index is 1.95. The molecule has 2 rings (SSSR count). The fourth-order valence-electron chi connectivity index (χ4n) is 3.35. The monoisotopic (exact) mass is 386 g/mol. The molecule has 154 valence electrons. The van der Waals surface area contributed by atoms with Crippen molar-refractivity contribution >= 4 is 0 Å². The first-order valence-electron chi connectivity index (χ1n) is 10.7. The van der Waals surface area contributed by atoms with Crippen LogP contribution < -0.4 is 4.74 Å². The van der Waals surface area contributed by atoms with Crippen molar-refractivity contribution in [3.05, 3.63) is 65.7 Å². The molecule has 0 amide bonds. The zero-order chi connectivity index (χ0) is 19.9. The number of para-hydroxylation sites is 1.